The summed E-state index contributed by atoms with van der Waals surface area (Å²) in [6, 6.07) is 0. The maximum absolute atomic E-state index is 9.98. The molecule has 0 rings (SSSR count). The fraction of sp³-hybridized carbons (Fsp3) is 0. The number of hydrogen-bond donors (Lipinski definition) is 2. The summed E-state index contributed by atoms with van der Waals surface area (Å²) in [7, 11) is 0. The van der Waals surface area contributed by atoms with Gasteiger partial charge in [-0.3, -0.25) is 4.79 Å². The van der Waals surface area contributed by atoms with Crippen LogP contribution in [0.4, 0.5) is 0 Å². The summed E-state index contributed by atoms with van der Waals surface area (Å²) in [4.78, 5) is 9.98. The van der Waals surface area contributed by atoms with Crippen LogP contribution in [0.25, 0.3) is 0 Å². The fourth-order valence-corrected chi connectivity index (χ4v) is 0.101. The predicted molar refractivity (Wildman–Crippen MR) is 33.6 cm³/mol. The molecule has 0 fully saturated rings. The van der Waals surface area contributed by atoms with Crippen LogP contribution >= 0.6 is 0 Å². The Bertz CT molecular complexity index is 118. The van der Waals surface area contributed by atoms with Crippen LogP contribution in [0.15, 0.2) is 24.8 Å². The molecule has 0 aromatic carbocycles. The van der Waals surface area contributed by atoms with Gasteiger partial charge in [-0.15, -0.1) is 0 Å². The Morgan fingerprint density at radius 3 is 2.00 bits per heavy atom. The van der Waals surface area contributed by atoms with Crippen LogP contribution in [0.5, 0.6) is 0 Å². The Labute approximate surface area is 48.5 Å². The van der Waals surface area contributed by atoms with Gasteiger partial charge < -0.3 is 11.9 Å². The summed E-state index contributed by atoms with van der Waals surface area (Å²) in [5.74, 6) is -0.519. The number of carbonyl (C=O) groups excluding carboxylic acids is 1. The fourth-order valence-electron chi connectivity index (χ4n) is 0.101. The number of carbonyl (C=O) groups is 1. The lowest BCUT2D eigenvalue weighted by molar-refractivity contribution is -0.114. The van der Waals surface area contributed by atoms with Crippen LogP contribution in [0.2, 0.25) is 0 Å². The molecule has 0 aliphatic heterocycles. The minimum Gasteiger partial charge on any atom is -0.366 e. The molecule has 0 saturated heterocycles. The van der Waals surface area contributed by atoms with Crippen LogP contribution in [0, 0.1) is 0 Å². The van der Waals surface area contributed by atoms with E-state index in [1.54, 1.807) is 0 Å². The van der Waals surface area contributed by atoms with E-state index < -0.39 is 5.91 Å². The topological polar surface area (TPSA) is 78.1 Å². The van der Waals surface area contributed by atoms with Crippen molar-refractivity contribution in [2.24, 2.45) is 5.73 Å². The van der Waals surface area contributed by atoms with E-state index in [4.69, 9.17) is 5.73 Å². The molecule has 5 N–H and O–H groups in total. The molecule has 0 bridgehead atoms. The van der Waals surface area contributed by atoms with Crippen LogP contribution in [0.1, 0.15) is 0 Å². The molecule has 0 radical (unpaired) electrons. The lowest BCUT2D eigenvalue weighted by atomic mass is 10.3. The molecule has 0 aliphatic carbocycles. The maximum Gasteiger partial charge on any atom is 0.248 e. The van der Waals surface area contributed by atoms with Crippen molar-refractivity contribution in [2.75, 3.05) is 0 Å². The first-order valence-electron chi connectivity index (χ1n) is 1.79. The molecule has 3 heteroatoms. The molecule has 0 atom stereocenters. The highest BCUT2D eigenvalue weighted by molar-refractivity contribution is 5.93. The third-order valence-electron chi connectivity index (χ3n) is 0.563. The highest BCUT2D eigenvalue weighted by Gasteiger charge is 1.90. The van der Waals surface area contributed by atoms with E-state index in [1.165, 1.54) is 6.08 Å². The summed E-state index contributed by atoms with van der Waals surface area (Å²) in [6.07, 6.45) is 1.32. The molecule has 0 spiro atoms. The van der Waals surface area contributed by atoms with Crippen molar-refractivity contribution in [1.82, 2.24) is 6.15 Å². The van der Waals surface area contributed by atoms with Gasteiger partial charge in [0.05, 0.1) is 0 Å². The number of primary amides is 1. The van der Waals surface area contributed by atoms with E-state index in [1.807, 2.05) is 0 Å². The van der Waals surface area contributed by atoms with E-state index in [0.717, 1.165) is 0 Å². The first-order valence-corrected chi connectivity index (χ1v) is 1.79. The Balaban J connectivity index is 0. The van der Waals surface area contributed by atoms with E-state index in [-0.39, 0.29) is 11.7 Å². The molecule has 1 amide bonds. The normalized spacial score (nSPS) is 6.50. The van der Waals surface area contributed by atoms with Gasteiger partial charge in [0.25, 0.3) is 0 Å². The Kier molecular flexibility index (Phi) is 5.10. The Hall–Kier alpha value is -1.09. The smallest absolute Gasteiger partial charge is 0.248 e. The number of nitrogens with two attached hydrogens (primary N) is 1. The first kappa shape index (κ1) is 10.0. The van der Waals surface area contributed by atoms with E-state index in [9.17, 15) is 4.79 Å². The van der Waals surface area contributed by atoms with Crippen molar-refractivity contribution in [3.05, 3.63) is 24.8 Å². The molecule has 0 heterocycles. The summed E-state index contributed by atoms with van der Waals surface area (Å²) in [5, 5.41) is 0. The molecule has 8 heavy (non-hydrogen) atoms. The summed E-state index contributed by atoms with van der Waals surface area (Å²) in [5.41, 5.74) is 4.99. The van der Waals surface area contributed by atoms with Crippen LogP contribution in [-0.2, 0) is 4.79 Å². The van der Waals surface area contributed by atoms with Crippen molar-refractivity contribution in [2.45, 2.75) is 0 Å². The van der Waals surface area contributed by atoms with Crippen molar-refractivity contribution >= 4 is 5.91 Å². The largest absolute Gasteiger partial charge is 0.366 e. The Morgan fingerprint density at radius 2 is 2.00 bits per heavy atom. The molecule has 0 aliphatic rings. The van der Waals surface area contributed by atoms with E-state index in [0.29, 0.717) is 0 Å². The first-order chi connectivity index (χ1) is 3.18. The van der Waals surface area contributed by atoms with Crippen molar-refractivity contribution in [3.63, 3.8) is 0 Å². The zero-order valence-corrected chi connectivity index (χ0v) is 4.68. The van der Waals surface area contributed by atoms with Crippen LogP contribution in [0.3, 0.4) is 0 Å². The molecule has 0 saturated carbocycles. The highest BCUT2D eigenvalue weighted by Crippen LogP contribution is 1.84. The second-order valence-corrected chi connectivity index (χ2v) is 1.09. The predicted octanol–water partition coefficient (Wildman–Crippen LogP) is 0.376. The SMILES string of the molecule is C=CC(=C)C(N)=O.N. The second kappa shape index (κ2) is 4.08. The third-order valence-corrected chi connectivity index (χ3v) is 0.563. The van der Waals surface area contributed by atoms with Gasteiger partial charge in [0, 0.05) is 5.57 Å². The number of rotatable bonds is 2. The minimum absolute atomic E-state index is 0. The Morgan fingerprint density at radius 1 is 1.62 bits per heavy atom. The van der Waals surface area contributed by atoms with Gasteiger partial charge in [-0.25, -0.2) is 0 Å². The standard InChI is InChI=1S/C5H7NO.H3N/c1-3-4(2)5(6)7;/h3H,1-2H2,(H2,6,7);1H3. The summed E-state index contributed by atoms with van der Waals surface area (Å²) >= 11 is 0. The molecule has 3 nitrogen and oxygen atoms in total. The lowest BCUT2D eigenvalue weighted by Gasteiger charge is -1.84. The molecule has 0 aromatic rings. The maximum atomic E-state index is 9.98. The van der Waals surface area contributed by atoms with Gasteiger partial charge in [-0.1, -0.05) is 19.2 Å². The van der Waals surface area contributed by atoms with Gasteiger partial charge in [-0.05, 0) is 0 Å². The third kappa shape index (κ3) is 3.11. The van der Waals surface area contributed by atoms with Gasteiger partial charge in [-0.2, -0.15) is 0 Å². The van der Waals surface area contributed by atoms with Gasteiger partial charge in [0.15, 0.2) is 0 Å². The van der Waals surface area contributed by atoms with Gasteiger partial charge >= 0.3 is 0 Å². The number of hydrogen-bond acceptors (Lipinski definition) is 2. The lowest BCUT2D eigenvalue weighted by Crippen LogP contribution is -2.10. The summed E-state index contributed by atoms with van der Waals surface area (Å²) in [6.45, 7) is 6.56. The molecular weight excluding hydrogens is 104 g/mol. The van der Waals surface area contributed by atoms with E-state index >= 15 is 0 Å². The summed E-state index contributed by atoms with van der Waals surface area (Å²) < 4.78 is 0. The average molecular weight is 114 g/mol. The average Bonchev–Trinajstić information content (AvgIpc) is 1.65. The van der Waals surface area contributed by atoms with Gasteiger partial charge in [0.2, 0.25) is 5.91 Å². The van der Waals surface area contributed by atoms with Gasteiger partial charge in [0.1, 0.15) is 0 Å². The highest BCUT2D eigenvalue weighted by atomic mass is 16.1. The van der Waals surface area contributed by atoms with Crippen molar-refractivity contribution < 1.29 is 4.79 Å². The zero-order chi connectivity index (χ0) is 5.86. The zero-order valence-electron chi connectivity index (χ0n) is 4.68. The second-order valence-electron chi connectivity index (χ2n) is 1.09. The van der Waals surface area contributed by atoms with Crippen molar-refractivity contribution in [3.8, 4) is 0 Å². The molecule has 0 aromatic heterocycles. The van der Waals surface area contributed by atoms with Crippen molar-refractivity contribution in [1.29, 1.82) is 0 Å². The monoisotopic (exact) mass is 114 g/mol. The van der Waals surface area contributed by atoms with E-state index in [2.05, 4.69) is 13.2 Å². The van der Waals surface area contributed by atoms with Crippen LogP contribution in [-0.4, -0.2) is 5.91 Å². The number of amides is 1. The molecule has 0 unspecified atom stereocenters. The molecular formula is C5H10N2O. The molecule has 46 valence electrons. The minimum atomic E-state index is -0.519. The van der Waals surface area contributed by atoms with Crippen LogP contribution < -0.4 is 11.9 Å². The quantitative estimate of drug-likeness (QED) is 0.402.